The molecule has 150 valence electrons. The summed E-state index contributed by atoms with van der Waals surface area (Å²) in [7, 11) is -3.82. The van der Waals surface area contributed by atoms with Gasteiger partial charge in [-0.15, -0.1) is 0 Å². The minimum Gasteiger partial charge on any atom is -0.326 e. The summed E-state index contributed by atoms with van der Waals surface area (Å²) in [5, 5.41) is 4.91. The van der Waals surface area contributed by atoms with E-state index in [2.05, 4.69) is 20.0 Å². The molecule has 1 heterocycles. The summed E-state index contributed by atoms with van der Waals surface area (Å²) in [6.07, 6.45) is 3.10. The number of sulfonamides is 1. The van der Waals surface area contributed by atoms with Crippen LogP contribution in [0.3, 0.4) is 0 Å². The third-order valence-corrected chi connectivity index (χ3v) is 5.81. The first-order valence-electron chi connectivity index (χ1n) is 9.18. The fourth-order valence-electron chi connectivity index (χ4n) is 3.07. The van der Waals surface area contributed by atoms with E-state index in [-0.39, 0.29) is 23.2 Å². The summed E-state index contributed by atoms with van der Waals surface area (Å²) in [6.45, 7) is 0. The number of hydrogen-bond donors (Lipinski definition) is 2. The van der Waals surface area contributed by atoms with E-state index >= 15 is 0 Å². The van der Waals surface area contributed by atoms with Crippen LogP contribution in [0.15, 0.2) is 90.1 Å². The fraction of sp³-hybridized carbons (Fsp3) is 0.0455. The van der Waals surface area contributed by atoms with Gasteiger partial charge in [0.2, 0.25) is 11.9 Å². The largest absolute Gasteiger partial charge is 0.326 e. The summed E-state index contributed by atoms with van der Waals surface area (Å²) in [5.41, 5.74) is 1.44. The predicted molar refractivity (Wildman–Crippen MR) is 116 cm³/mol. The molecule has 0 aliphatic carbocycles. The van der Waals surface area contributed by atoms with Crippen molar-refractivity contribution in [2.24, 2.45) is 0 Å². The van der Waals surface area contributed by atoms with Crippen molar-refractivity contribution in [1.82, 2.24) is 9.97 Å². The Morgan fingerprint density at radius 2 is 1.53 bits per heavy atom. The maximum atomic E-state index is 12.5. The summed E-state index contributed by atoms with van der Waals surface area (Å²) in [5.74, 6) is -0.192. The Bertz CT molecular complexity index is 1290. The molecule has 3 aromatic carbocycles. The second kappa shape index (κ2) is 8.30. The summed E-state index contributed by atoms with van der Waals surface area (Å²) in [4.78, 5) is 20.2. The number of nitrogens with one attached hydrogen (secondary N) is 2. The van der Waals surface area contributed by atoms with E-state index in [0.29, 0.717) is 5.69 Å². The average molecular weight is 418 g/mol. The molecule has 0 bridgehead atoms. The minimum atomic E-state index is -3.82. The fourth-order valence-corrected chi connectivity index (χ4v) is 4.03. The van der Waals surface area contributed by atoms with Crippen molar-refractivity contribution < 1.29 is 13.2 Å². The third-order valence-electron chi connectivity index (χ3n) is 4.47. The Hall–Kier alpha value is -3.78. The first kappa shape index (κ1) is 19.5. The summed E-state index contributed by atoms with van der Waals surface area (Å²) >= 11 is 0. The number of nitrogens with zero attached hydrogens (tertiary/aromatic N) is 2. The molecule has 0 fully saturated rings. The number of fused-ring (bicyclic) bond motifs is 1. The molecule has 1 amide bonds. The topological polar surface area (TPSA) is 101 Å². The van der Waals surface area contributed by atoms with Crippen molar-refractivity contribution >= 4 is 38.3 Å². The number of rotatable bonds is 6. The molecule has 0 saturated heterocycles. The first-order valence-corrected chi connectivity index (χ1v) is 10.7. The van der Waals surface area contributed by atoms with E-state index < -0.39 is 10.0 Å². The third kappa shape index (κ3) is 4.44. The number of anilines is 2. The van der Waals surface area contributed by atoms with Crippen LogP contribution in [0.4, 0.5) is 11.6 Å². The van der Waals surface area contributed by atoms with E-state index in [1.165, 1.54) is 24.5 Å². The Labute approximate surface area is 173 Å². The molecule has 0 unspecified atom stereocenters. The molecule has 7 nitrogen and oxygen atoms in total. The second-order valence-corrected chi connectivity index (χ2v) is 8.25. The number of carbonyl (C=O) groups excluding carboxylic acids is 1. The Kier molecular flexibility index (Phi) is 5.40. The molecule has 4 aromatic rings. The quantitative estimate of drug-likeness (QED) is 0.498. The standard InChI is InChI=1S/C22H18N4O3S/c27-21(15-17-7-3-6-16-5-1-2-8-20(16)17)25-18-9-11-19(12-10-18)30(28,29)26-22-23-13-4-14-24-22/h1-14H,15H2,(H,25,27)(H,23,24,26). The van der Waals surface area contributed by atoms with Gasteiger partial charge in [-0.2, -0.15) is 0 Å². The molecule has 1 aromatic heterocycles. The van der Waals surface area contributed by atoms with Gasteiger partial charge in [0, 0.05) is 18.1 Å². The lowest BCUT2D eigenvalue weighted by Gasteiger charge is -2.09. The van der Waals surface area contributed by atoms with Crippen LogP contribution in [0.1, 0.15) is 5.56 Å². The van der Waals surface area contributed by atoms with Crippen LogP contribution in [0.5, 0.6) is 0 Å². The lowest BCUT2D eigenvalue weighted by Crippen LogP contribution is -2.16. The van der Waals surface area contributed by atoms with Crippen molar-refractivity contribution in [3.8, 4) is 0 Å². The van der Waals surface area contributed by atoms with Crippen LogP contribution in [0.2, 0.25) is 0 Å². The summed E-state index contributed by atoms with van der Waals surface area (Å²) in [6, 6.07) is 21.3. The van der Waals surface area contributed by atoms with Gasteiger partial charge in [-0.3, -0.25) is 4.79 Å². The molecule has 0 atom stereocenters. The van der Waals surface area contributed by atoms with E-state index in [9.17, 15) is 13.2 Å². The number of carbonyl (C=O) groups is 1. The van der Waals surface area contributed by atoms with E-state index in [0.717, 1.165) is 16.3 Å². The molecular weight excluding hydrogens is 400 g/mol. The van der Waals surface area contributed by atoms with Crippen molar-refractivity contribution in [3.63, 3.8) is 0 Å². The van der Waals surface area contributed by atoms with Gasteiger partial charge in [0.25, 0.3) is 10.0 Å². The number of amides is 1. The second-order valence-electron chi connectivity index (χ2n) is 6.57. The highest BCUT2D eigenvalue weighted by atomic mass is 32.2. The normalized spacial score (nSPS) is 11.2. The van der Waals surface area contributed by atoms with Gasteiger partial charge in [-0.25, -0.2) is 23.1 Å². The van der Waals surface area contributed by atoms with E-state index in [1.54, 1.807) is 18.2 Å². The zero-order chi connectivity index (χ0) is 21.0. The highest BCUT2D eigenvalue weighted by molar-refractivity contribution is 7.92. The van der Waals surface area contributed by atoms with Gasteiger partial charge in [0.05, 0.1) is 11.3 Å². The van der Waals surface area contributed by atoms with Crippen molar-refractivity contribution in [3.05, 3.63) is 90.8 Å². The molecule has 0 radical (unpaired) electrons. The highest BCUT2D eigenvalue weighted by Gasteiger charge is 2.15. The SMILES string of the molecule is O=C(Cc1cccc2ccccc12)Nc1ccc(S(=O)(=O)Nc2ncccn2)cc1. The monoisotopic (exact) mass is 418 g/mol. The Morgan fingerprint density at radius 1 is 0.833 bits per heavy atom. The maximum absolute atomic E-state index is 12.5. The molecule has 30 heavy (non-hydrogen) atoms. The highest BCUT2D eigenvalue weighted by Crippen LogP contribution is 2.20. The number of benzene rings is 3. The van der Waals surface area contributed by atoms with Crippen LogP contribution >= 0.6 is 0 Å². The van der Waals surface area contributed by atoms with Gasteiger partial charge in [-0.05, 0) is 46.7 Å². The molecule has 2 N–H and O–H groups in total. The Balaban J connectivity index is 1.45. The van der Waals surface area contributed by atoms with Gasteiger partial charge in [0.15, 0.2) is 0 Å². The van der Waals surface area contributed by atoms with Gasteiger partial charge < -0.3 is 5.32 Å². The Morgan fingerprint density at radius 3 is 2.30 bits per heavy atom. The van der Waals surface area contributed by atoms with E-state index in [4.69, 9.17) is 0 Å². The molecule has 4 rings (SSSR count). The average Bonchev–Trinajstić information content (AvgIpc) is 2.75. The molecule has 0 saturated carbocycles. The number of aromatic nitrogens is 2. The van der Waals surface area contributed by atoms with Crippen LogP contribution in [0, 0.1) is 0 Å². The van der Waals surface area contributed by atoms with Crippen molar-refractivity contribution in [1.29, 1.82) is 0 Å². The molecule has 0 spiro atoms. The zero-order valence-electron chi connectivity index (χ0n) is 15.8. The van der Waals surface area contributed by atoms with Gasteiger partial charge >= 0.3 is 0 Å². The molecule has 0 aliphatic rings. The lowest BCUT2D eigenvalue weighted by molar-refractivity contribution is -0.115. The molecule has 0 aliphatic heterocycles. The van der Waals surface area contributed by atoms with Gasteiger partial charge in [-0.1, -0.05) is 42.5 Å². The summed E-state index contributed by atoms with van der Waals surface area (Å²) < 4.78 is 27.2. The number of hydrogen-bond acceptors (Lipinski definition) is 5. The smallest absolute Gasteiger partial charge is 0.264 e. The van der Waals surface area contributed by atoms with Crippen LogP contribution in [-0.4, -0.2) is 24.3 Å². The minimum absolute atomic E-state index is 0.00929. The van der Waals surface area contributed by atoms with E-state index in [1.807, 2.05) is 42.5 Å². The molecule has 8 heteroatoms. The van der Waals surface area contributed by atoms with Crippen molar-refractivity contribution in [2.75, 3.05) is 10.0 Å². The maximum Gasteiger partial charge on any atom is 0.264 e. The van der Waals surface area contributed by atoms with Crippen LogP contribution < -0.4 is 10.0 Å². The van der Waals surface area contributed by atoms with Crippen LogP contribution in [0.25, 0.3) is 10.8 Å². The molecular formula is C22H18N4O3S. The lowest BCUT2D eigenvalue weighted by atomic mass is 10.0. The van der Waals surface area contributed by atoms with Crippen LogP contribution in [-0.2, 0) is 21.2 Å². The first-order chi connectivity index (χ1) is 14.5. The zero-order valence-corrected chi connectivity index (χ0v) is 16.6. The predicted octanol–water partition coefficient (Wildman–Crippen LogP) is 3.61. The van der Waals surface area contributed by atoms with Gasteiger partial charge in [0.1, 0.15) is 0 Å². The van der Waals surface area contributed by atoms with Crippen molar-refractivity contribution in [2.45, 2.75) is 11.3 Å².